The van der Waals surface area contributed by atoms with Crippen LogP contribution in [0.15, 0.2) is 39.4 Å². The Morgan fingerprint density at radius 1 is 1.22 bits per heavy atom. The van der Waals surface area contributed by atoms with E-state index in [4.69, 9.17) is 27.6 Å². The first-order valence-electron chi connectivity index (χ1n) is 5.49. The van der Waals surface area contributed by atoms with Crippen LogP contribution in [0.4, 0.5) is 0 Å². The van der Waals surface area contributed by atoms with E-state index in [1.807, 2.05) is 24.3 Å². The molecule has 0 saturated heterocycles. The monoisotopic (exact) mass is 347 g/mol. The molecule has 1 aromatic heterocycles. The number of hydrogen-bond donors (Lipinski definition) is 1. The molecule has 0 saturated carbocycles. The fourth-order valence-corrected chi connectivity index (χ4v) is 2.25. The lowest BCUT2D eigenvalue weighted by molar-refractivity contribution is 0.447. The fraction of sp³-hybridized carbons (Fsp3) is 0.231. The van der Waals surface area contributed by atoms with Gasteiger partial charge in [-0.3, -0.25) is 0 Å². The van der Waals surface area contributed by atoms with Gasteiger partial charge in [-0.05, 0) is 52.7 Å². The summed E-state index contributed by atoms with van der Waals surface area (Å²) in [5.41, 5.74) is 1.09. The highest BCUT2D eigenvalue weighted by Gasteiger charge is 2.08. The molecule has 2 nitrogen and oxygen atoms in total. The van der Waals surface area contributed by atoms with Gasteiger partial charge >= 0.3 is 0 Å². The third kappa shape index (κ3) is 3.51. The molecule has 1 atom stereocenters. The minimum atomic E-state index is 0.170. The molecular weight excluding hydrogens is 337 g/mol. The van der Waals surface area contributed by atoms with Crippen LogP contribution in [0.3, 0.4) is 0 Å². The van der Waals surface area contributed by atoms with Gasteiger partial charge < -0.3 is 9.73 Å². The zero-order valence-electron chi connectivity index (χ0n) is 9.71. The number of furan rings is 1. The van der Waals surface area contributed by atoms with Gasteiger partial charge in [0.1, 0.15) is 5.76 Å². The lowest BCUT2D eigenvalue weighted by Gasteiger charge is -2.14. The Hall–Kier alpha value is -0.480. The standard InChI is InChI=1S/C13H12BrCl2NO/c1-8(9-2-4-11(15)12(16)6-9)17-7-10-3-5-13(14)18-10/h2-6,8,17H,7H2,1H3. The minimum Gasteiger partial charge on any atom is -0.453 e. The summed E-state index contributed by atoms with van der Waals surface area (Å²) in [7, 11) is 0. The maximum Gasteiger partial charge on any atom is 0.169 e. The summed E-state index contributed by atoms with van der Waals surface area (Å²) in [4.78, 5) is 0. The second-order valence-corrected chi connectivity index (χ2v) is 5.58. The molecule has 2 rings (SSSR count). The number of halogens is 3. The largest absolute Gasteiger partial charge is 0.453 e. The predicted octanol–water partition coefficient (Wildman–Crippen LogP) is 5.20. The third-order valence-corrected chi connectivity index (χ3v) is 3.82. The number of rotatable bonds is 4. The molecule has 2 aromatic rings. The Labute approximate surface area is 124 Å². The summed E-state index contributed by atoms with van der Waals surface area (Å²) in [5, 5.41) is 4.50. The lowest BCUT2D eigenvalue weighted by Crippen LogP contribution is -2.17. The average molecular weight is 349 g/mol. The first kappa shape index (κ1) is 13.9. The van der Waals surface area contributed by atoms with Gasteiger partial charge in [0.05, 0.1) is 16.6 Å². The van der Waals surface area contributed by atoms with Crippen LogP contribution in [0.5, 0.6) is 0 Å². The summed E-state index contributed by atoms with van der Waals surface area (Å²) >= 11 is 15.2. The molecule has 5 heteroatoms. The highest BCUT2D eigenvalue weighted by atomic mass is 79.9. The van der Waals surface area contributed by atoms with Crippen LogP contribution >= 0.6 is 39.1 Å². The summed E-state index contributed by atoms with van der Waals surface area (Å²) < 4.78 is 6.16. The van der Waals surface area contributed by atoms with Gasteiger partial charge in [-0.2, -0.15) is 0 Å². The highest BCUT2D eigenvalue weighted by molar-refractivity contribution is 9.10. The summed E-state index contributed by atoms with van der Waals surface area (Å²) in [6.45, 7) is 2.73. The van der Waals surface area contributed by atoms with E-state index in [1.165, 1.54) is 0 Å². The van der Waals surface area contributed by atoms with Crippen molar-refractivity contribution in [2.24, 2.45) is 0 Å². The molecule has 0 fully saturated rings. The van der Waals surface area contributed by atoms with Gasteiger partial charge in [0.2, 0.25) is 0 Å². The lowest BCUT2D eigenvalue weighted by atomic mass is 10.1. The molecule has 0 spiro atoms. The Morgan fingerprint density at radius 2 is 2.00 bits per heavy atom. The second kappa shape index (κ2) is 6.11. The van der Waals surface area contributed by atoms with Crippen molar-refractivity contribution in [2.75, 3.05) is 0 Å². The molecule has 1 heterocycles. The van der Waals surface area contributed by atoms with Crippen molar-refractivity contribution in [3.05, 3.63) is 56.4 Å². The minimum absolute atomic E-state index is 0.170. The Bertz CT molecular complexity index is 542. The number of nitrogens with one attached hydrogen (secondary N) is 1. The van der Waals surface area contributed by atoms with Crippen molar-refractivity contribution in [3.63, 3.8) is 0 Å². The van der Waals surface area contributed by atoms with Crippen molar-refractivity contribution < 1.29 is 4.42 Å². The summed E-state index contributed by atoms with van der Waals surface area (Å²) in [6, 6.07) is 9.62. The molecule has 96 valence electrons. The van der Waals surface area contributed by atoms with Gasteiger partial charge in [0.15, 0.2) is 4.67 Å². The SMILES string of the molecule is CC(NCc1ccc(Br)o1)c1ccc(Cl)c(Cl)c1. The fourth-order valence-electron chi connectivity index (χ4n) is 1.60. The second-order valence-electron chi connectivity index (χ2n) is 3.98. The number of hydrogen-bond acceptors (Lipinski definition) is 2. The molecule has 1 aromatic carbocycles. The van der Waals surface area contributed by atoms with Gasteiger partial charge in [-0.1, -0.05) is 29.3 Å². The smallest absolute Gasteiger partial charge is 0.169 e. The van der Waals surface area contributed by atoms with E-state index >= 15 is 0 Å². The molecule has 1 unspecified atom stereocenters. The zero-order valence-corrected chi connectivity index (χ0v) is 12.8. The van der Waals surface area contributed by atoms with Crippen molar-refractivity contribution in [1.82, 2.24) is 5.32 Å². The van der Waals surface area contributed by atoms with Crippen LogP contribution in [0.1, 0.15) is 24.3 Å². The van der Waals surface area contributed by atoms with E-state index in [0.717, 1.165) is 16.0 Å². The average Bonchev–Trinajstić information content (AvgIpc) is 2.75. The highest BCUT2D eigenvalue weighted by Crippen LogP contribution is 2.25. The van der Waals surface area contributed by atoms with Gasteiger partial charge in [0, 0.05) is 6.04 Å². The molecule has 0 bridgehead atoms. The molecule has 18 heavy (non-hydrogen) atoms. The van der Waals surface area contributed by atoms with Gasteiger partial charge in [-0.15, -0.1) is 0 Å². The van der Waals surface area contributed by atoms with Crippen LogP contribution in [-0.4, -0.2) is 0 Å². The molecule has 0 aliphatic heterocycles. The topological polar surface area (TPSA) is 25.2 Å². The maximum absolute atomic E-state index is 5.99. The normalized spacial score (nSPS) is 12.7. The Morgan fingerprint density at radius 3 is 2.61 bits per heavy atom. The quantitative estimate of drug-likeness (QED) is 0.821. The molecule has 1 N–H and O–H groups in total. The first-order chi connectivity index (χ1) is 8.56. The van der Waals surface area contributed by atoms with Crippen LogP contribution in [0.25, 0.3) is 0 Å². The summed E-state index contributed by atoms with van der Waals surface area (Å²) in [5.74, 6) is 0.883. The zero-order chi connectivity index (χ0) is 13.1. The van der Waals surface area contributed by atoms with E-state index in [9.17, 15) is 0 Å². The maximum atomic E-state index is 5.99. The van der Waals surface area contributed by atoms with E-state index in [1.54, 1.807) is 6.07 Å². The van der Waals surface area contributed by atoms with Crippen molar-refractivity contribution >= 4 is 39.1 Å². The predicted molar refractivity (Wildman–Crippen MR) is 78.1 cm³/mol. The van der Waals surface area contributed by atoms with Crippen molar-refractivity contribution in [3.8, 4) is 0 Å². The van der Waals surface area contributed by atoms with E-state index in [0.29, 0.717) is 16.6 Å². The van der Waals surface area contributed by atoms with E-state index < -0.39 is 0 Å². The van der Waals surface area contributed by atoms with Gasteiger partial charge in [-0.25, -0.2) is 0 Å². The third-order valence-electron chi connectivity index (χ3n) is 2.65. The van der Waals surface area contributed by atoms with Crippen molar-refractivity contribution in [2.45, 2.75) is 19.5 Å². The molecule has 0 radical (unpaired) electrons. The summed E-state index contributed by atoms with van der Waals surface area (Å²) in [6.07, 6.45) is 0. The van der Waals surface area contributed by atoms with Crippen molar-refractivity contribution in [1.29, 1.82) is 0 Å². The van der Waals surface area contributed by atoms with E-state index in [-0.39, 0.29) is 6.04 Å². The number of benzene rings is 1. The van der Waals surface area contributed by atoms with Crippen LogP contribution in [0, 0.1) is 0 Å². The Kier molecular flexibility index (Phi) is 4.73. The van der Waals surface area contributed by atoms with Gasteiger partial charge in [0.25, 0.3) is 0 Å². The molecule has 0 amide bonds. The van der Waals surface area contributed by atoms with Crippen LogP contribution < -0.4 is 5.32 Å². The van der Waals surface area contributed by atoms with Crippen LogP contribution in [-0.2, 0) is 6.54 Å². The Balaban J connectivity index is 1.99. The van der Waals surface area contributed by atoms with Crippen LogP contribution in [0.2, 0.25) is 10.0 Å². The molecular formula is C13H12BrCl2NO. The van der Waals surface area contributed by atoms with E-state index in [2.05, 4.69) is 28.2 Å². The molecule has 0 aliphatic rings. The molecule has 0 aliphatic carbocycles. The first-order valence-corrected chi connectivity index (χ1v) is 7.03.